The van der Waals surface area contributed by atoms with Crippen LogP contribution >= 0.6 is 7.82 Å². The number of hydrogen-bond acceptors (Lipinski definition) is 5. The van der Waals surface area contributed by atoms with Gasteiger partial charge in [0, 0.05) is 24.8 Å². The number of nitrogens with zero attached hydrogens (tertiary/aromatic N) is 1. The van der Waals surface area contributed by atoms with Crippen LogP contribution in [0.15, 0.2) is 18.2 Å². The van der Waals surface area contributed by atoms with Crippen LogP contribution in [0.1, 0.15) is 51.0 Å². The SMILES string of the molecule is C#CC(C)(COP(=O)(O)O)CC(=O)C(=O)c1c(C)c(C(=O)Nc2ccc(F)c(C)c2)n(C)c1C. The topological polar surface area (TPSA) is 135 Å². The van der Waals surface area contributed by atoms with Gasteiger partial charge in [-0.1, -0.05) is 5.92 Å². The zero-order valence-electron chi connectivity index (χ0n) is 19.4. The molecule has 0 saturated carbocycles. The predicted molar refractivity (Wildman–Crippen MR) is 123 cm³/mol. The molecule has 1 aromatic carbocycles. The van der Waals surface area contributed by atoms with Crippen molar-refractivity contribution in [3.8, 4) is 12.3 Å². The summed E-state index contributed by atoms with van der Waals surface area (Å²) in [5.41, 5.74) is 0.0712. The summed E-state index contributed by atoms with van der Waals surface area (Å²) in [5.74, 6) is -0.502. The molecule has 0 radical (unpaired) electrons. The highest BCUT2D eigenvalue weighted by atomic mass is 31.2. The minimum atomic E-state index is -4.83. The van der Waals surface area contributed by atoms with Crippen molar-refractivity contribution in [1.29, 1.82) is 0 Å². The van der Waals surface area contributed by atoms with E-state index in [1.807, 2.05) is 0 Å². The fraction of sp³-hybridized carbons (Fsp3) is 0.348. The predicted octanol–water partition coefficient (Wildman–Crippen LogP) is 3.23. The Morgan fingerprint density at radius 3 is 2.41 bits per heavy atom. The van der Waals surface area contributed by atoms with E-state index in [-0.39, 0.29) is 16.8 Å². The lowest BCUT2D eigenvalue weighted by atomic mass is 9.84. The first-order valence-electron chi connectivity index (χ1n) is 10.1. The Labute approximate surface area is 196 Å². The van der Waals surface area contributed by atoms with Crippen LogP contribution in [0.3, 0.4) is 0 Å². The van der Waals surface area contributed by atoms with Crippen LogP contribution < -0.4 is 5.32 Å². The number of terminal acetylenes is 1. The standard InChI is InChI=1S/C23H26FN2O7P/c1-7-23(5,12-33-34(30,31)32)11-18(27)21(28)19-14(3)20(26(6)15(19)4)22(29)25-16-8-9-17(24)13(2)10-16/h1,8-10H,11-12H2,2-6H3,(H,25,29)(H2,30,31,32). The van der Waals surface area contributed by atoms with Gasteiger partial charge in [0.25, 0.3) is 5.91 Å². The van der Waals surface area contributed by atoms with Gasteiger partial charge in [0.1, 0.15) is 11.5 Å². The Bertz CT molecular complexity index is 1250. The fourth-order valence-electron chi connectivity index (χ4n) is 3.49. The molecule has 0 bridgehead atoms. The molecular formula is C23H26FN2O7P. The lowest BCUT2D eigenvalue weighted by Gasteiger charge is -2.22. The molecule has 1 aromatic heterocycles. The number of amides is 1. The molecule has 0 spiro atoms. The van der Waals surface area contributed by atoms with Gasteiger partial charge in [-0.2, -0.15) is 0 Å². The quantitative estimate of drug-likeness (QED) is 0.212. The first kappa shape index (κ1) is 27.2. The number of aryl methyl sites for hydroxylation is 1. The van der Waals surface area contributed by atoms with Gasteiger partial charge >= 0.3 is 7.82 Å². The molecule has 1 heterocycles. The highest BCUT2D eigenvalue weighted by molar-refractivity contribution is 7.46. The Balaban J connectivity index is 2.31. The molecule has 9 nitrogen and oxygen atoms in total. The summed E-state index contributed by atoms with van der Waals surface area (Å²) in [6.45, 7) is 5.38. The summed E-state index contributed by atoms with van der Waals surface area (Å²) in [6.07, 6.45) is 4.90. The minimum absolute atomic E-state index is 0.0308. The van der Waals surface area contributed by atoms with E-state index in [1.54, 1.807) is 20.9 Å². The molecule has 3 N–H and O–H groups in total. The lowest BCUT2D eigenvalue weighted by Crippen LogP contribution is -2.28. The molecule has 0 aliphatic heterocycles. The number of rotatable bonds is 9. The van der Waals surface area contributed by atoms with Gasteiger partial charge in [0.05, 0.1) is 17.6 Å². The van der Waals surface area contributed by atoms with Crippen molar-refractivity contribution in [3.63, 3.8) is 0 Å². The third-order valence-electron chi connectivity index (χ3n) is 5.49. The number of hydrogen-bond donors (Lipinski definition) is 3. The number of benzene rings is 1. The third kappa shape index (κ3) is 6.07. The van der Waals surface area contributed by atoms with Crippen LogP contribution in [-0.4, -0.2) is 38.4 Å². The van der Waals surface area contributed by atoms with E-state index in [0.717, 1.165) is 0 Å². The smallest absolute Gasteiger partial charge is 0.343 e. The van der Waals surface area contributed by atoms with E-state index in [0.29, 0.717) is 16.9 Å². The number of nitrogens with one attached hydrogen (secondary N) is 1. The number of halogens is 1. The molecule has 182 valence electrons. The van der Waals surface area contributed by atoms with Gasteiger partial charge in [0.15, 0.2) is 0 Å². The van der Waals surface area contributed by atoms with Gasteiger partial charge < -0.3 is 19.7 Å². The second-order valence-electron chi connectivity index (χ2n) is 8.31. The summed E-state index contributed by atoms with van der Waals surface area (Å²) in [5, 5.41) is 2.66. The van der Waals surface area contributed by atoms with Crippen molar-refractivity contribution in [1.82, 2.24) is 4.57 Å². The molecule has 1 amide bonds. The summed E-state index contributed by atoms with van der Waals surface area (Å²) in [4.78, 5) is 56.5. The van der Waals surface area contributed by atoms with Crippen LogP contribution in [0.5, 0.6) is 0 Å². The minimum Gasteiger partial charge on any atom is -0.343 e. The van der Waals surface area contributed by atoms with Crippen LogP contribution in [0, 0.1) is 44.3 Å². The summed E-state index contributed by atoms with van der Waals surface area (Å²) >= 11 is 0. The molecule has 2 rings (SSSR count). The van der Waals surface area contributed by atoms with E-state index in [9.17, 15) is 23.3 Å². The van der Waals surface area contributed by atoms with E-state index in [2.05, 4.69) is 15.8 Å². The average Bonchev–Trinajstić information content (AvgIpc) is 2.96. The normalized spacial score (nSPS) is 13.1. The maximum atomic E-state index is 13.5. The largest absolute Gasteiger partial charge is 0.469 e. The molecule has 0 saturated heterocycles. The first-order valence-corrected chi connectivity index (χ1v) is 11.6. The van der Waals surface area contributed by atoms with E-state index in [1.165, 1.54) is 36.6 Å². The van der Waals surface area contributed by atoms with E-state index >= 15 is 0 Å². The van der Waals surface area contributed by atoms with Crippen molar-refractivity contribution >= 4 is 31.0 Å². The Morgan fingerprint density at radius 1 is 1.26 bits per heavy atom. The summed E-state index contributed by atoms with van der Waals surface area (Å²) in [7, 11) is -3.26. The van der Waals surface area contributed by atoms with Gasteiger partial charge in [-0.25, -0.2) is 8.96 Å². The number of carbonyl (C=O) groups excluding carboxylic acids is 3. The molecule has 0 aliphatic rings. The number of phosphoric acid groups is 1. The van der Waals surface area contributed by atoms with Gasteiger partial charge in [-0.15, -0.1) is 6.42 Å². The maximum absolute atomic E-state index is 13.5. The zero-order valence-corrected chi connectivity index (χ0v) is 20.3. The summed E-state index contributed by atoms with van der Waals surface area (Å²) < 4.78 is 30.4. The monoisotopic (exact) mass is 492 g/mol. The van der Waals surface area contributed by atoms with E-state index < -0.39 is 49.6 Å². The second kappa shape index (κ2) is 10.0. The molecule has 1 unspecified atom stereocenters. The van der Waals surface area contributed by atoms with E-state index in [4.69, 9.17) is 16.2 Å². The Kier molecular flexibility index (Phi) is 8.02. The zero-order chi connectivity index (χ0) is 26.0. The van der Waals surface area contributed by atoms with Crippen LogP contribution in [0.4, 0.5) is 10.1 Å². The Hall–Kier alpha value is -3.09. The van der Waals surface area contributed by atoms with Crippen molar-refractivity contribution in [2.24, 2.45) is 12.5 Å². The molecule has 2 aromatic rings. The first-order chi connectivity index (χ1) is 15.6. The van der Waals surface area contributed by atoms with Crippen molar-refractivity contribution in [2.75, 3.05) is 11.9 Å². The molecule has 0 aliphatic carbocycles. The number of Topliss-reactive ketones (excluding diaryl/α,β-unsaturated/α-hetero) is 2. The van der Waals surface area contributed by atoms with Gasteiger partial charge in [-0.3, -0.25) is 18.9 Å². The number of phosphoric ester groups is 1. The highest BCUT2D eigenvalue weighted by Gasteiger charge is 2.34. The lowest BCUT2D eigenvalue weighted by molar-refractivity contribution is -0.116. The Morgan fingerprint density at radius 2 is 1.88 bits per heavy atom. The molecule has 34 heavy (non-hydrogen) atoms. The number of anilines is 1. The number of ketones is 2. The second-order valence-corrected chi connectivity index (χ2v) is 9.55. The average molecular weight is 492 g/mol. The molecular weight excluding hydrogens is 466 g/mol. The number of carbonyl (C=O) groups is 3. The number of aromatic nitrogens is 1. The molecule has 1 atom stereocenters. The summed E-state index contributed by atoms with van der Waals surface area (Å²) in [6, 6.07) is 4.09. The van der Waals surface area contributed by atoms with Crippen LogP contribution in [0.25, 0.3) is 0 Å². The van der Waals surface area contributed by atoms with Gasteiger partial charge in [-0.05, 0) is 57.0 Å². The highest BCUT2D eigenvalue weighted by Crippen LogP contribution is 2.39. The van der Waals surface area contributed by atoms with Gasteiger partial charge in [0.2, 0.25) is 11.6 Å². The third-order valence-corrected chi connectivity index (χ3v) is 5.96. The maximum Gasteiger partial charge on any atom is 0.469 e. The van der Waals surface area contributed by atoms with Crippen molar-refractivity contribution in [3.05, 3.63) is 52.1 Å². The van der Waals surface area contributed by atoms with Crippen molar-refractivity contribution < 1.29 is 37.6 Å². The van der Waals surface area contributed by atoms with Crippen LogP contribution in [0.2, 0.25) is 0 Å². The van der Waals surface area contributed by atoms with Crippen LogP contribution in [-0.2, 0) is 20.9 Å². The van der Waals surface area contributed by atoms with Crippen molar-refractivity contribution in [2.45, 2.75) is 34.1 Å². The molecule has 0 fully saturated rings. The molecule has 11 heteroatoms. The fourth-order valence-corrected chi connectivity index (χ4v) is 3.94.